The number of benzene rings is 2. The summed E-state index contributed by atoms with van der Waals surface area (Å²) in [5.74, 6) is -0.413. The van der Waals surface area contributed by atoms with Crippen LogP contribution in [0.1, 0.15) is 39.1 Å². The van der Waals surface area contributed by atoms with Gasteiger partial charge in [-0.25, -0.2) is 0 Å². The summed E-state index contributed by atoms with van der Waals surface area (Å²) in [6.45, 7) is 3.21. The molecule has 0 radical (unpaired) electrons. The highest BCUT2D eigenvalue weighted by molar-refractivity contribution is 7.80. The first kappa shape index (κ1) is 20.0. The van der Waals surface area contributed by atoms with Crippen LogP contribution in [-0.4, -0.2) is 36.2 Å². The number of thiocarbonyl (C=S) groups is 1. The SMILES string of the molecule is Cc1cccc(C(=O)NC(=S)Nc2ccc(C(=O)NC[C@@H]3CCCO3)cc2)c1. The molecule has 6 nitrogen and oxygen atoms in total. The second-order valence-corrected chi connectivity index (χ2v) is 7.11. The lowest BCUT2D eigenvalue weighted by Crippen LogP contribution is -2.34. The number of nitrogens with one attached hydrogen (secondary N) is 3. The Bertz CT molecular complexity index is 861. The van der Waals surface area contributed by atoms with Gasteiger partial charge in [0.25, 0.3) is 11.8 Å². The maximum Gasteiger partial charge on any atom is 0.257 e. The van der Waals surface area contributed by atoms with Crippen LogP contribution in [0.15, 0.2) is 48.5 Å². The smallest absolute Gasteiger partial charge is 0.257 e. The topological polar surface area (TPSA) is 79.5 Å². The van der Waals surface area contributed by atoms with Crippen molar-refractivity contribution >= 4 is 34.8 Å². The van der Waals surface area contributed by atoms with Crippen LogP contribution in [0.3, 0.4) is 0 Å². The molecule has 7 heteroatoms. The van der Waals surface area contributed by atoms with Crippen LogP contribution in [-0.2, 0) is 4.74 Å². The average molecular weight is 398 g/mol. The summed E-state index contributed by atoms with van der Waals surface area (Å²) in [6.07, 6.45) is 2.13. The van der Waals surface area contributed by atoms with E-state index < -0.39 is 0 Å². The Morgan fingerprint density at radius 3 is 2.57 bits per heavy atom. The highest BCUT2D eigenvalue weighted by Gasteiger charge is 2.16. The molecule has 1 aliphatic rings. The normalized spacial score (nSPS) is 15.7. The molecule has 3 N–H and O–H groups in total. The molecule has 28 heavy (non-hydrogen) atoms. The lowest BCUT2D eigenvalue weighted by molar-refractivity contribution is 0.0857. The predicted octanol–water partition coefficient (Wildman–Crippen LogP) is 3.03. The number of anilines is 1. The Morgan fingerprint density at radius 2 is 1.89 bits per heavy atom. The molecule has 1 saturated heterocycles. The summed E-state index contributed by atoms with van der Waals surface area (Å²) >= 11 is 5.20. The number of carbonyl (C=O) groups is 2. The number of aryl methyl sites for hydroxylation is 1. The van der Waals surface area contributed by atoms with E-state index in [0.717, 1.165) is 25.0 Å². The number of hydrogen-bond donors (Lipinski definition) is 3. The van der Waals surface area contributed by atoms with Gasteiger partial charge in [0.1, 0.15) is 0 Å². The fourth-order valence-corrected chi connectivity index (χ4v) is 3.15. The molecule has 1 atom stereocenters. The van der Waals surface area contributed by atoms with Gasteiger partial charge >= 0.3 is 0 Å². The molecule has 0 unspecified atom stereocenters. The Morgan fingerprint density at radius 1 is 1.11 bits per heavy atom. The van der Waals surface area contributed by atoms with Gasteiger partial charge in [-0.3, -0.25) is 14.9 Å². The molecule has 1 aliphatic heterocycles. The van der Waals surface area contributed by atoms with Crippen molar-refractivity contribution in [1.29, 1.82) is 0 Å². The monoisotopic (exact) mass is 397 g/mol. The second-order valence-electron chi connectivity index (χ2n) is 6.70. The molecular weight excluding hydrogens is 374 g/mol. The molecule has 0 saturated carbocycles. The maximum absolute atomic E-state index is 12.2. The predicted molar refractivity (Wildman–Crippen MR) is 113 cm³/mol. The van der Waals surface area contributed by atoms with Gasteiger partial charge in [-0.05, 0) is 68.4 Å². The Balaban J connectivity index is 1.49. The van der Waals surface area contributed by atoms with Crippen molar-refractivity contribution in [2.24, 2.45) is 0 Å². The fourth-order valence-electron chi connectivity index (χ4n) is 2.94. The highest BCUT2D eigenvalue weighted by atomic mass is 32.1. The van der Waals surface area contributed by atoms with Crippen molar-refractivity contribution < 1.29 is 14.3 Å². The number of rotatable bonds is 5. The van der Waals surface area contributed by atoms with E-state index in [2.05, 4.69) is 16.0 Å². The highest BCUT2D eigenvalue weighted by Crippen LogP contribution is 2.12. The van der Waals surface area contributed by atoms with Gasteiger partial charge in [0, 0.05) is 30.0 Å². The summed E-state index contributed by atoms with van der Waals surface area (Å²) in [6, 6.07) is 14.2. The lowest BCUT2D eigenvalue weighted by Gasteiger charge is -2.12. The standard InChI is InChI=1S/C21H23N3O3S/c1-14-4-2-5-16(12-14)20(26)24-21(28)23-17-9-7-15(8-10-17)19(25)22-13-18-6-3-11-27-18/h2,4-5,7-10,12,18H,3,6,11,13H2,1H3,(H,22,25)(H2,23,24,26,28)/t18-/m0/s1. The van der Waals surface area contributed by atoms with Crippen LogP contribution in [0.25, 0.3) is 0 Å². The fraction of sp³-hybridized carbons (Fsp3) is 0.286. The Hall–Kier alpha value is -2.77. The van der Waals surface area contributed by atoms with Crippen molar-refractivity contribution in [3.05, 3.63) is 65.2 Å². The van der Waals surface area contributed by atoms with E-state index in [9.17, 15) is 9.59 Å². The molecule has 1 fully saturated rings. The van der Waals surface area contributed by atoms with Crippen molar-refractivity contribution in [2.45, 2.75) is 25.9 Å². The van der Waals surface area contributed by atoms with Crippen LogP contribution in [0, 0.1) is 6.92 Å². The third-order valence-electron chi connectivity index (χ3n) is 4.43. The largest absolute Gasteiger partial charge is 0.376 e. The maximum atomic E-state index is 12.2. The van der Waals surface area contributed by atoms with Gasteiger partial charge in [0.2, 0.25) is 0 Å². The summed E-state index contributed by atoms with van der Waals surface area (Å²) in [5, 5.41) is 8.68. The molecule has 1 heterocycles. The van der Waals surface area contributed by atoms with Crippen LogP contribution < -0.4 is 16.0 Å². The number of hydrogen-bond acceptors (Lipinski definition) is 4. The summed E-state index contributed by atoms with van der Waals surface area (Å²) in [4.78, 5) is 24.4. The zero-order valence-corrected chi connectivity index (χ0v) is 16.5. The van der Waals surface area contributed by atoms with Gasteiger partial charge in [0.05, 0.1) is 6.10 Å². The molecule has 0 aromatic heterocycles. The van der Waals surface area contributed by atoms with Crippen molar-refractivity contribution in [1.82, 2.24) is 10.6 Å². The summed E-state index contributed by atoms with van der Waals surface area (Å²) in [7, 11) is 0. The molecule has 0 bridgehead atoms. The van der Waals surface area contributed by atoms with Gasteiger partial charge in [0.15, 0.2) is 5.11 Å². The van der Waals surface area contributed by atoms with E-state index in [4.69, 9.17) is 17.0 Å². The van der Waals surface area contributed by atoms with Crippen molar-refractivity contribution in [3.63, 3.8) is 0 Å². The van der Waals surface area contributed by atoms with E-state index in [1.807, 2.05) is 19.1 Å². The first-order valence-electron chi connectivity index (χ1n) is 9.20. The van der Waals surface area contributed by atoms with E-state index in [1.54, 1.807) is 36.4 Å². The van der Waals surface area contributed by atoms with Crippen LogP contribution >= 0.6 is 12.2 Å². The van der Waals surface area contributed by atoms with Gasteiger partial charge in [-0.2, -0.15) is 0 Å². The third-order valence-corrected chi connectivity index (χ3v) is 4.63. The molecule has 0 spiro atoms. The zero-order chi connectivity index (χ0) is 19.9. The second kappa shape index (κ2) is 9.43. The molecule has 2 amide bonds. The van der Waals surface area contributed by atoms with Crippen LogP contribution in [0.5, 0.6) is 0 Å². The minimum atomic E-state index is -0.272. The summed E-state index contributed by atoms with van der Waals surface area (Å²) in [5.41, 5.74) is 2.78. The van der Waals surface area contributed by atoms with Crippen LogP contribution in [0.4, 0.5) is 5.69 Å². The summed E-state index contributed by atoms with van der Waals surface area (Å²) < 4.78 is 5.50. The van der Waals surface area contributed by atoms with Gasteiger partial charge in [-0.1, -0.05) is 17.7 Å². The molecule has 2 aromatic rings. The van der Waals surface area contributed by atoms with Gasteiger partial charge < -0.3 is 15.4 Å². The molecule has 3 rings (SSSR count). The van der Waals surface area contributed by atoms with Crippen molar-refractivity contribution in [3.8, 4) is 0 Å². The van der Waals surface area contributed by atoms with E-state index in [0.29, 0.717) is 23.4 Å². The molecule has 146 valence electrons. The van der Waals surface area contributed by atoms with Gasteiger partial charge in [-0.15, -0.1) is 0 Å². The number of ether oxygens (including phenoxy) is 1. The van der Waals surface area contributed by atoms with E-state index in [-0.39, 0.29) is 23.0 Å². The molecule has 2 aromatic carbocycles. The zero-order valence-electron chi connectivity index (χ0n) is 15.7. The average Bonchev–Trinajstić information content (AvgIpc) is 3.20. The lowest BCUT2D eigenvalue weighted by atomic mass is 10.1. The quantitative estimate of drug-likeness (QED) is 0.676. The first-order chi connectivity index (χ1) is 13.5. The van der Waals surface area contributed by atoms with E-state index in [1.165, 1.54) is 0 Å². The third kappa shape index (κ3) is 5.61. The minimum absolute atomic E-state index is 0.110. The minimum Gasteiger partial charge on any atom is -0.376 e. The Labute approximate surface area is 169 Å². The van der Waals surface area contributed by atoms with Crippen molar-refractivity contribution in [2.75, 3.05) is 18.5 Å². The van der Waals surface area contributed by atoms with E-state index >= 15 is 0 Å². The first-order valence-corrected chi connectivity index (χ1v) is 9.61. The number of amides is 2. The molecule has 0 aliphatic carbocycles. The molecular formula is C21H23N3O3S. The van der Waals surface area contributed by atoms with Crippen LogP contribution in [0.2, 0.25) is 0 Å². The number of carbonyl (C=O) groups excluding carboxylic acids is 2. The Kier molecular flexibility index (Phi) is 6.73.